The van der Waals surface area contributed by atoms with Crippen molar-refractivity contribution >= 4 is 11.8 Å². The molecule has 0 saturated heterocycles. The van der Waals surface area contributed by atoms with Gasteiger partial charge in [-0.25, -0.2) is 0 Å². The van der Waals surface area contributed by atoms with Gasteiger partial charge in [-0.2, -0.15) is 0 Å². The van der Waals surface area contributed by atoms with Gasteiger partial charge in [0.1, 0.15) is 12.2 Å². The van der Waals surface area contributed by atoms with Crippen LogP contribution in [-0.4, -0.2) is 94.2 Å². The zero-order chi connectivity index (χ0) is 22.4. The first-order chi connectivity index (χ1) is 12.9. The number of carbonyl (C=O) groups is 2. The molecular weight excluding hydrogens is 372 g/mol. The highest BCUT2D eigenvalue weighted by Gasteiger charge is 2.33. The Balaban J connectivity index is 0. The lowest BCUT2D eigenvalue weighted by Crippen LogP contribution is -2.45. The Morgan fingerprint density at radius 3 is 1.21 bits per heavy atom. The van der Waals surface area contributed by atoms with Crippen LogP contribution in [0.25, 0.3) is 0 Å². The van der Waals surface area contributed by atoms with Crippen molar-refractivity contribution in [3.05, 3.63) is 0 Å². The summed E-state index contributed by atoms with van der Waals surface area (Å²) in [6.07, 6.45) is -1.55. The van der Waals surface area contributed by atoms with Gasteiger partial charge >= 0.3 is 0 Å². The predicted octanol–water partition coefficient (Wildman–Crippen LogP) is -2.27. The number of hydrogen-bond acceptors (Lipinski definition) is 8. The van der Waals surface area contributed by atoms with E-state index in [9.17, 15) is 19.8 Å². The van der Waals surface area contributed by atoms with Crippen molar-refractivity contribution in [2.24, 2.45) is 10.8 Å². The minimum absolute atomic E-state index is 0.000230. The summed E-state index contributed by atoms with van der Waals surface area (Å²) in [6.45, 7) is 6.53. The monoisotopic (exact) mass is 410 g/mol. The van der Waals surface area contributed by atoms with Crippen molar-refractivity contribution < 1.29 is 40.2 Å². The Bertz CT molecular complexity index is 403. The van der Waals surface area contributed by atoms with Gasteiger partial charge in [0, 0.05) is 37.1 Å². The van der Waals surface area contributed by atoms with E-state index in [1.807, 2.05) is 0 Å². The fraction of sp³-hybridized carbons (Fsp3) is 0.889. The van der Waals surface area contributed by atoms with Crippen molar-refractivity contribution in [2.75, 3.05) is 39.5 Å². The van der Waals surface area contributed by atoms with E-state index in [1.165, 1.54) is 0 Å². The summed E-state index contributed by atoms with van der Waals surface area (Å²) in [5.74, 6) is -1.03. The Labute approximate surface area is 166 Å². The zero-order valence-corrected chi connectivity index (χ0v) is 17.3. The summed E-state index contributed by atoms with van der Waals surface area (Å²) in [5, 5.41) is 58.7. The molecule has 2 atom stereocenters. The van der Waals surface area contributed by atoms with E-state index in [2.05, 4.69) is 10.6 Å². The van der Waals surface area contributed by atoms with E-state index in [0.717, 1.165) is 0 Å². The van der Waals surface area contributed by atoms with E-state index < -0.39 is 34.9 Å². The molecule has 0 saturated carbocycles. The first-order valence-electron chi connectivity index (χ1n) is 9.26. The first-order valence-corrected chi connectivity index (χ1v) is 9.26. The molecule has 0 rings (SSSR count). The van der Waals surface area contributed by atoms with Crippen LogP contribution >= 0.6 is 0 Å². The third kappa shape index (κ3) is 11.5. The van der Waals surface area contributed by atoms with E-state index >= 15 is 0 Å². The lowest BCUT2D eigenvalue weighted by atomic mass is 9.87. The van der Waals surface area contributed by atoms with Crippen LogP contribution in [0.2, 0.25) is 0 Å². The zero-order valence-electron chi connectivity index (χ0n) is 17.3. The van der Waals surface area contributed by atoms with Gasteiger partial charge in [0.15, 0.2) is 0 Å². The highest BCUT2D eigenvalue weighted by Crippen LogP contribution is 2.20. The number of rotatable bonds is 12. The van der Waals surface area contributed by atoms with Gasteiger partial charge in [0.25, 0.3) is 0 Å². The molecule has 0 fully saturated rings. The summed E-state index contributed by atoms with van der Waals surface area (Å²) in [5.41, 5.74) is -1.69. The first kappa shape index (κ1) is 28.9. The van der Waals surface area contributed by atoms with Crippen LogP contribution < -0.4 is 10.6 Å². The minimum Gasteiger partial charge on any atom is -0.396 e. The molecule has 0 aromatic carbocycles. The van der Waals surface area contributed by atoms with Crippen LogP contribution in [-0.2, 0) is 9.59 Å². The molecule has 0 aliphatic carbocycles. The lowest BCUT2D eigenvalue weighted by Gasteiger charge is -2.27. The van der Waals surface area contributed by atoms with Gasteiger partial charge in [0.2, 0.25) is 11.8 Å². The molecule has 0 aromatic heterocycles. The number of nitrogens with one attached hydrogen (secondary N) is 2. The lowest BCUT2D eigenvalue weighted by molar-refractivity contribution is -0.137. The van der Waals surface area contributed by atoms with Crippen LogP contribution in [0.3, 0.4) is 0 Å². The molecule has 168 valence electrons. The maximum Gasteiger partial charge on any atom is 0.249 e. The molecular formula is C18H38N2O8. The molecule has 0 aliphatic rings. The van der Waals surface area contributed by atoms with E-state index in [4.69, 9.17) is 20.4 Å². The van der Waals surface area contributed by atoms with Gasteiger partial charge < -0.3 is 41.3 Å². The SMILES string of the molecule is CC(C)(CO)C(O)C(=O)NCCCO.CC(C)(CO)C(O)C(=O)NCCCO. The summed E-state index contributed by atoms with van der Waals surface area (Å²) in [4.78, 5) is 22.5. The van der Waals surface area contributed by atoms with Crippen molar-refractivity contribution in [2.45, 2.75) is 52.7 Å². The molecule has 0 aliphatic heterocycles. The molecule has 0 radical (unpaired) electrons. The molecule has 0 spiro atoms. The number of aliphatic hydroxyl groups is 6. The Hall–Kier alpha value is -1.30. The smallest absolute Gasteiger partial charge is 0.249 e. The molecule has 0 heterocycles. The number of aliphatic hydroxyl groups excluding tert-OH is 6. The van der Waals surface area contributed by atoms with Crippen LogP contribution in [0.4, 0.5) is 0 Å². The summed E-state index contributed by atoms with van der Waals surface area (Å²) in [7, 11) is 0. The van der Waals surface area contributed by atoms with Crippen molar-refractivity contribution in [1.82, 2.24) is 10.6 Å². The Morgan fingerprint density at radius 1 is 0.714 bits per heavy atom. The van der Waals surface area contributed by atoms with Crippen molar-refractivity contribution in [1.29, 1.82) is 0 Å². The quantitative estimate of drug-likeness (QED) is 0.166. The number of amides is 2. The van der Waals surface area contributed by atoms with Crippen LogP contribution in [0.1, 0.15) is 40.5 Å². The van der Waals surface area contributed by atoms with Crippen molar-refractivity contribution in [3.63, 3.8) is 0 Å². The molecule has 0 aromatic rings. The van der Waals surface area contributed by atoms with E-state index in [0.29, 0.717) is 25.9 Å². The van der Waals surface area contributed by atoms with Gasteiger partial charge in [-0.1, -0.05) is 27.7 Å². The maximum atomic E-state index is 11.3. The van der Waals surface area contributed by atoms with Gasteiger partial charge in [-0.3, -0.25) is 9.59 Å². The summed E-state index contributed by atoms with van der Waals surface area (Å²) >= 11 is 0. The third-order valence-electron chi connectivity index (χ3n) is 4.06. The maximum absolute atomic E-state index is 11.3. The fourth-order valence-electron chi connectivity index (χ4n) is 1.66. The summed E-state index contributed by atoms with van der Waals surface area (Å²) < 4.78 is 0. The van der Waals surface area contributed by atoms with E-state index in [-0.39, 0.29) is 26.4 Å². The predicted molar refractivity (Wildman–Crippen MR) is 103 cm³/mol. The number of carbonyl (C=O) groups excluding carboxylic acids is 2. The average Bonchev–Trinajstić information content (AvgIpc) is 2.67. The molecule has 2 amide bonds. The number of hydrogen-bond donors (Lipinski definition) is 8. The molecule has 10 heteroatoms. The average molecular weight is 411 g/mol. The second kappa shape index (κ2) is 14.7. The second-order valence-electron chi connectivity index (χ2n) is 7.83. The molecule has 28 heavy (non-hydrogen) atoms. The molecule has 8 N–H and O–H groups in total. The largest absolute Gasteiger partial charge is 0.396 e. The second-order valence-corrected chi connectivity index (χ2v) is 7.83. The summed E-state index contributed by atoms with van der Waals surface area (Å²) in [6, 6.07) is 0. The third-order valence-corrected chi connectivity index (χ3v) is 4.06. The normalized spacial score (nSPS) is 13.8. The van der Waals surface area contributed by atoms with Crippen LogP contribution in [0.15, 0.2) is 0 Å². The molecule has 2 unspecified atom stereocenters. The van der Waals surface area contributed by atoms with Gasteiger partial charge in [-0.05, 0) is 12.8 Å². The Morgan fingerprint density at radius 2 is 1.00 bits per heavy atom. The highest BCUT2D eigenvalue weighted by atomic mass is 16.3. The van der Waals surface area contributed by atoms with Crippen LogP contribution in [0.5, 0.6) is 0 Å². The van der Waals surface area contributed by atoms with Crippen LogP contribution in [0, 0.1) is 10.8 Å². The minimum atomic E-state index is -1.23. The topological polar surface area (TPSA) is 180 Å². The fourth-order valence-corrected chi connectivity index (χ4v) is 1.66. The van der Waals surface area contributed by atoms with E-state index in [1.54, 1.807) is 27.7 Å². The van der Waals surface area contributed by atoms with Gasteiger partial charge in [-0.15, -0.1) is 0 Å². The van der Waals surface area contributed by atoms with Gasteiger partial charge in [0.05, 0.1) is 13.2 Å². The molecule has 10 nitrogen and oxygen atoms in total. The molecule has 0 bridgehead atoms. The Kier molecular flexibility index (Phi) is 15.1. The highest BCUT2D eigenvalue weighted by molar-refractivity contribution is 5.81. The van der Waals surface area contributed by atoms with Crippen molar-refractivity contribution in [3.8, 4) is 0 Å². The standard InChI is InChI=1S/2C9H19NO4/c2*1-9(2,6-12)7(13)8(14)10-4-3-5-11/h2*7,11-13H,3-6H2,1-2H3,(H,10,14).